The van der Waals surface area contributed by atoms with E-state index >= 15 is 0 Å². The van der Waals surface area contributed by atoms with Crippen LogP contribution in [0.3, 0.4) is 0 Å². The Kier molecular flexibility index (Phi) is 8.29. The van der Waals surface area contributed by atoms with Crippen LogP contribution in [-0.2, 0) is 14.3 Å². The zero-order valence-electron chi connectivity index (χ0n) is 14.4. The van der Waals surface area contributed by atoms with Crippen molar-refractivity contribution in [3.8, 4) is 0 Å². The largest absolute Gasteiger partial charge is 0.385 e. The van der Waals surface area contributed by atoms with Gasteiger partial charge in [0, 0.05) is 32.9 Å². The second kappa shape index (κ2) is 9.97. The van der Waals surface area contributed by atoms with E-state index in [9.17, 15) is 9.59 Å². The van der Waals surface area contributed by atoms with E-state index < -0.39 is 0 Å². The molecular weight excluding hydrogens is 294 g/mol. The monoisotopic (exact) mass is 321 g/mol. The van der Waals surface area contributed by atoms with Crippen molar-refractivity contribution in [2.24, 2.45) is 0 Å². The topological polar surface area (TPSA) is 70.7 Å². The second-order valence-electron chi connectivity index (χ2n) is 5.68. The number of anilines is 1. The summed E-state index contributed by atoms with van der Waals surface area (Å²) in [7, 11) is 3.58. The number of benzene rings is 1. The molecule has 0 heterocycles. The molecule has 1 aromatic rings. The maximum Gasteiger partial charge on any atom is 0.234 e. The smallest absolute Gasteiger partial charge is 0.234 e. The van der Waals surface area contributed by atoms with Crippen molar-refractivity contribution in [2.45, 2.75) is 26.3 Å². The quantitative estimate of drug-likeness (QED) is 0.680. The summed E-state index contributed by atoms with van der Waals surface area (Å²) in [6, 6.07) is 7.36. The molecule has 6 heteroatoms. The van der Waals surface area contributed by atoms with Crippen LogP contribution in [0.5, 0.6) is 0 Å². The van der Waals surface area contributed by atoms with Crippen LogP contribution in [0.25, 0.3) is 0 Å². The van der Waals surface area contributed by atoms with Crippen LogP contribution in [0.4, 0.5) is 5.69 Å². The molecule has 0 radical (unpaired) electrons. The van der Waals surface area contributed by atoms with E-state index in [4.69, 9.17) is 4.74 Å². The fourth-order valence-electron chi connectivity index (χ4n) is 2.26. The Morgan fingerprint density at radius 1 is 1.35 bits per heavy atom. The van der Waals surface area contributed by atoms with Crippen molar-refractivity contribution < 1.29 is 14.3 Å². The summed E-state index contributed by atoms with van der Waals surface area (Å²) in [5.74, 6) is -0.140. The highest BCUT2D eigenvalue weighted by atomic mass is 16.5. The summed E-state index contributed by atoms with van der Waals surface area (Å²) in [6.07, 6.45) is 0.897. The van der Waals surface area contributed by atoms with E-state index in [1.807, 2.05) is 43.1 Å². The number of methoxy groups -OCH3 is 1. The van der Waals surface area contributed by atoms with Gasteiger partial charge in [-0.05, 0) is 38.1 Å². The fraction of sp³-hybridized carbons (Fsp3) is 0.529. The van der Waals surface area contributed by atoms with Crippen LogP contribution in [0, 0.1) is 0 Å². The zero-order valence-corrected chi connectivity index (χ0v) is 14.4. The third-order valence-corrected chi connectivity index (χ3v) is 3.39. The SMILES string of the molecule is COCCCN(C)CC(=O)NC(C)c1cccc(NC(C)=O)c1. The van der Waals surface area contributed by atoms with Gasteiger partial charge in [0.15, 0.2) is 0 Å². The average Bonchev–Trinajstić information content (AvgIpc) is 2.46. The molecule has 0 saturated carbocycles. The Morgan fingerprint density at radius 3 is 2.74 bits per heavy atom. The van der Waals surface area contributed by atoms with E-state index in [1.54, 1.807) is 7.11 Å². The summed E-state index contributed by atoms with van der Waals surface area (Å²) in [5.41, 5.74) is 1.68. The van der Waals surface area contributed by atoms with E-state index in [0.717, 1.165) is 24.2 Å². The molecule has 128 valence electrons. The average molecular weight is 321 g/mol. The Labute approximate surface area is 138 Å². The van der Waals surface area contributed by atoms with Gasteiger partial charge in [-0.25, -0.2) is 0 Å². The summed E-state index contributed by atoms with van der Waals surface area (Å²) >= 11 is 0. The number of rotatable bonds is 9. The normalized spacial score (nSPS) is 12.0. The number of nitrogens with one attached hydrogen (secondary N) is 2. The Balaban J connectivity index is 2.50. The molecule has 1 atom stereocenters. The Bertz CT molecular complexity index is 520. The summed E-state index contributed by atoms with van der Waals surface area (Å²) in [5, 5.41) is 5.72. The number of carbonyl (C=O) groups is 2. The first-order valence-corrected chi connectivity index (χ1v) is 7.76. The van der Waals surface area contributed by atoms with Gasteiger partial charge in [0.2, 0.25) is 11.8 Å². The van der Waals surface area contributed by atoms with E-state index in [0.29, 0.717) is 13.2 Å². The van der Waals surface area contributed by atoms with Gasteiger partial charge in [-0.1, -0.05) is 12.1 Å². The maximum absolute atomic E-state index is 12.1. The highest BCUT2D eigenvalue weighted by Crippen LogP contribution is 2.17. The predicted molar refractivity (Wildman–Crippen MR) is 91.3 cm³/mol. The molecule has 1 aromatic carbocycles. The summed E-state index contributed by atoms with van der Waals surface area (Å²) in [4.78, 5) is 25.2. The lowest BCUT2D eigenvalue weighted by Gasteiger charge is -2.19. The Hall–Kier alpha value is -1.92. The van der Waals surface area contributed by atoms with Gasteiger partial charge in [0.25, 0.3) is 0 Å². The standard InChI is InChI=1S/C17H27N3O3/c1-13(15-7-5-8-16(11-15)19-14(2)21)18-17(22)12-20(3)9-6-10-23-4/h5,7-8,11,13H,6,9-10,12H2,1-4H3,(H,18,22)(H,19,21). The van der Waals surface area contributed by atoms with Gasteiger partial charge >= 0.3 is 0 Å². The molecule has 0 aliphatic carbocycles. The summed E-state index contributed by atoms with van der Waals surface area (Å²) in [6.45, 7) is 5.25. The molecular formula is C17H27N3O3. The van der Waals surface area contributed by atoms with Crippen LogP contribution >= 0.6 is 0 Å². The fourth-order valence-corrected chi connectivity index (χ4v) is 2.26. The first-order valence-electron chi connectivity index (χ1n) is 7.76. The van der Waals surface area contributed by atoms with Crippen LogP contribution in [0.2, 0.25) is 0 Å². The van der Waals surface area contributed by atoms with Crippen LogP contribution < -0.4 is 10.6 Å². The molecule has 0 aliphatic heterocycles. The van der Waals surface area contributed by atoms with Crippen molar-refractivity contribution in [2.75, 3.05) is 39.2 Å². The van der Waals surface area contributed by atoms with Gasteiger partial charge < -0.3 is 15.4 Å². The van der Waals surface area contributed by atoms with Crippen molar-refractivity contribution in [3.63, 3.8) is 0 Å². The van der Waals surface area contributed by atoms with Gasteiger partial charge in [0.05, 0.1) is 12.6 Å². The van der Waals surface area contributed by atoms with Crippen molar-refractivity contribution in [3.05, 3.63) is 29.8 Å². The molecule has 2 N–H and O–H groups in total. The van der Waals surface area contributed by atoms with Crippen molar-refractivity contribution in [1.29, 1.82) is 0 Å². The molecule has 0 fully saturated rings. The molecule has 6 nitrogen and oxygen atoms in total. The van der Waals surface area contributed by atoms with E-state index in [-0.39, 0.29) is 17.9 Å². The lowest BCUT2D eigenvalue weighted by molar-refractivity contribution is -0.122. The number of hydrogen-bond donors (Lipinski definition) is 2. The minimum Gasteiger partial charge on any atom is -0.385 e. The number of amides is 2. The molecule has 1 unspecified atom stereocenters. The van der Waals surface area contributed by atoms with Crippen LogP contribution in [-0.4, -0.2) is 50.6 Å². The number of likely N-dealkylation sites (N-methyl/N-ethyl adjacent to an activating group) is 1. The second-order valence-corrected chi connectivity index (χ2v) is 5.68. The molecule has 0 bridgehead atoms. The highest BCUT2D eigenvalue weighted by molar-refractivity contribution is 5.88. The van der Waals surface area contributed by atoms with Crippen LogP contribution in [0.15, 0.2) is 24.3 Å². The zero-order chi connectivity index (χ0) is 17.2. The van der Waals surface area contributed by atoms with E-state index in [1.165, 1.54) is 6.92 Å². The van der Waals surface area contributed by atoms with Gasteiger partial charge in [-0.3, -0.25) is 14.5 Å². The summed E-state index contributed by atoms with van der Waals surface area (Å²) < 4.78 is 5.00. The molecule has 0 saturated heterocycles. The molecule has 23 heavy (non-hydrogen) atoms. The predicted octanol–water partition coefficient (Wildman–Crippen LogP) is 1.79. The van der Waals surface area contributed by atoms with Gasteiger partial charge in [0.1, 0.15) is 0 Å². The third-order valence-electron chi connectivity index (χ3n) is 3.39. The van der Waals surface area contributed by atoms with E-state index in [2.05, 4.69) is 10.6 Å². The molecule has 0 spiro atoms. The van der Waals surface area contributed by atoms with Crippen molar-refractivity contribution >= 4 is 17.5 Å². The lowest BCUT2D eigenvalue weighted by Crippen LogP contribution is -2.37. The number of nitrogens with zero attached hydrogens (tertiary/aromatic N) is 1. The molecule has 2 amide bonds. The minimum absolute atomic E-state index is 0.0256. The van der Waals surface area contributed by atoms with Gasteiger partial charge in [-0.15, -0.1) is 0 Å². The first kappa shape index (κ1) is 19.1. The molecule has 0 aliphatic rings. The molecule has 0 aromatic heterocycles. The third kappa shape index (κ3) is 7.76. The number of hydrogen-bond acceptors (Lipinski definition) is 4. The maximum atomic E-state index is 12.1. The molecule has 1 rings (SSSR count). The highest BCUT2D eigenvalue weighted by Gasteiger charge is 2.12. The minimum atomic E-state index is -0.122. The van der Waals surface area contributed by atoms with Gasteiger partial charge in [-0.2, -0.15) is 0 Å². The number of ether oxygens (including phenoxy) is 1. The van der Waals surface area contributed by atoms with Crippen LogP contribution in [0.1, 0.15) is 31.9 Å². The first-order chi connectivity index (χ1) is 10.9. The lowest BCUT2D eigenvalue weighted by atomic mass is 10.1. The van der Waals surface area contributed by atoms with Crippen molar-refractivity contribution in [1.82, 2.24) is 10.2 Å². The Morgan fingerprint density at radius 2 is 2.09 bits per heavy atom. The number of carbonyl (C=O) groups excluding carboxylic acids is 2.